The first-order valence-corrected chi connectivity index (χ1v) is 19.3. The minimum atomic E-state index is -0.820. The molecule has 9 rings (SSSR count). The lowest BCUT2D eigenvalue weighted by molar-refractivity contribution is -0.0393. The van der Waals surface area contributed by atoms with Crippen LogP contribution in [0.5, 0.6) is 0 Å². The summed E-state index contributed by atoms with van der Waals surface area (Å²) in [6.45, 7) is 0.639. The summed E-state index contributed by atoms with van der Waals surface area (Å²) in [7, 11) is 0. The number of aromatic amines is 1. The van der Waals surface area contributed by atoms with Gasteiger partial charge in [0, 0.05) is 68.5 Å². The minimum Gasteiger partial charge on any atom is -0.357 e. The molecular weight excluding hydrogens is 903 g/mol. The van der Waals surface area contributed by atoms with E-state index < -0.39 is 23.3 Å². The molecule has 0 saturated carbocycles. The van der Waals surface area contributed by atoms with E-state index in [4.69, 9.17) is 32.9 Å². The van der Waals surface area contributed by atoms with Crippen molar-refractivity contribution in [2.75, 3.05) is 6.61 Å². The van der Waals surface area contributed by atoms with E-state index in [1.807, 2.05) is 24.3 Å². The summed E-state index contributed by atoms with van der Waals surface area (Å²) in [4.78, 5) is 17.9. The lowest BCUT2D eigenvalue weighted by atomic mass is 10.0. The average Bonchev–Trinajstić information content (AvgIpc) is 3.86. The van der Waals surface area contributed by atoms with Crippen molar-refractivity contribution < 1.29 is 22.3 Å². The second-order valence-electron chi connectivity index (χ2n) is 12.6. The van der Waals surface area contributed by atoms with Crippen molar-refractivity contribution in [3.05, 3.63) is 128 Å². The van der Waals surface area contributed by atoms with Crippen LogP contribution in [0.2, 0.25) is 10.0 Å². The molecule has 8 aromatic rings. The molecule has 7 heterocycles. The standard InChI is InChI=1S/C22H16BrClF2N4O.C17H8BrClF2N4/c23-12-7-20-19(27-10-12)5-4-18(28-20)14-11-30(21-3-1-2-6-31-21)29-22(14)13-8-15(24)17(26)9-16(13)25;18-8-3-16-15(22-6-8)2-1-14(24-16)10-7-23-25-17(10)9-4-11(19)13(21)5-12(9)20/h4-5,7-11,21H,1-3,6H2;1-7H,(H,23,25). The molecule has 1 unspecified atom stereocenters. The Kier molecular flexibility index (Phi) is 10.9. The lowest BCUT2D eigenvalue weighted by Gasteiger charge is -2.22. The van der Waals surface area contributed by atoms with Crippen LogP contribution in [0.3, 0.4) is 0 Å². The molecule has 0 aliphatic carbocycles. The maximum Gasteiger partial charge on any atom is 0.150 e. The number of pyridine rings is 4. The van der Waals surface area contributed by atoms with Crippen LogP contribution < -0.4 is 0 Å². The molecule has 56 heavy (non-hydrogen) atoms. The molecule has 0 bridgehead atoms. The van der Waals surface area contributed by atoms with Gasteiger partial charge in [-0.25, -0.2) is 32.2 Å². The van der Waals surface area contributed by atoms with Gasteiger partial charge in [0.2, 0.25) is 0 Å². The van der Waals surface area contributed by atoms with Crippen molar-refractivity contribution in [3.8, 4) is 45.0 Å². The van der Waals surface area contributed by atoms with Crippen LogP contribution in [0, 0.1) is 23.3 Å². The fraction of sp³-hybridized carbons (Fsp3) is 0.128. The Hall–Kier alpha value is -4.80. The number of halogens is 8. The molecule has 6 aromatic heterocycles. The summed E-state index contributed by atoms with van der Waals surface area (Å²) in [5.74, 6) is -3.12. The Bertz CT molecular complexity index is 2780. The van der Waals surface area contributed by atoms with Crippen LogP contribution in [-0.4, -0.2) is 46.5 Å². The zero-order valence-corrected chi connectivity index (χ0v) is 33.2. The highest BCUT2D eigenvalue weighted by Crippen LogP contribution is 2.37. The van der Waals surface area contributed by atoms with Gasteiger partial charge in [-0.1, -0.05) is 23.2 Å². The Balaban J connectivity index is 0.000000161. The van der Waals surface area contributed by atoms with Crippen molar-refractivity contribution in [1.29, 1.82) is 0 Å². The number of nitrogens with zero attached hydrogens (tertiary/aromatic N) is 7. The maximum absolute atomic E-state index is 14.8. The average molecular weight is 927 g/mol. The van der Waals surface area contributed by atoms with Crippen molar-refractivity contribution in [3.63, 3.8) is 0 Å². The molecule has 9 nitrogen and oxygen atoms in total. The SMILES string of the molecule is Fc1cc(F)c(-c2[nH]ncc2-c2ccc3ncc(Br)cc3n2)cc1Cl.Fc1cc(F)c(-c2nn(C3CCCCO3)cc2-c2ccc3ncc(Br)cc3n2)cc1Cl. The molecule has 17 heteroatoms. The van der Waals surface area contributed by atoms with E-state index in [9.17, 15) is 17.6 Å². The molecule has 0 radical (unpaired) electrons. The molecule has 2 aromatic carbocycles. The van der Waals surface area contributed by atoms with Crippen LogP contribution in [0.4, 0.5) is 17.6 Å². The zero-order valence-electron chi connectivity index (χ0n) is 28.6. The monoisotopic (exact) mass is 924 g/mol. The van der Waals surface area contributed by atoms with E-state index >= 15 is 0 Å². The van der Waals surface area contributed by atoms with Crippen molar-refractivity contribution >= 4 is 77.1 Å². The maximum atomic E-state index is 14.8. The number of nitrogens with one attached hydrogen (secondary N) is 1. The second-order valence-corrected chi connectivity index (χ2v) is 15.3. The van der Waals surface area contributed by atoms with E-state index in [-0.39, 0.29) is 27.4 Å². The third-order valence-corrected chi connectivity index (χ3v) is 10.4. The van der Waals surface area contributed by atoms with Gasteiger partial charge < -0.3 is 4.74 Å². The minimum absolute atomic E-state index is 0.102. The summed E-state index contributed by atoms with van der Waals surface area (Å²) in [6.07, 6.45) is 9.26. The highest BCUT2D eigenvalue weighted by Gasteiger charge is 2.24. The summed E-state index contributed by atoms with van der Waals surface area (Å²) in [6, 6.07) is 14.9. The van der Waals surface area contributed by atoms with Gasteiger partial charge in [-0.05, 0) is 99.7 Å². The van der Waals surface area contributed by atoms with Crippen molar-refractivity contribution in [2.45, 2.75) is 25.5 Å². The molecule has 1 saturated heterocycles. The largest absolute Gasteiger partial charge is 0.357 e. The number of fused-ring (bicyclic) bond motifs is 2. The van der Waals surface area contributed by atoms with Gasteiger partial charge in [0.15, 0.2) is 0 Å². The van der Waals surface area contributed by atoms with Crippen molar-refractivity contribution in [2.24, 2.45) is 0 Å². The van der Waals surface area contributed by atoms with E-state index in [0.29, 0.717) is 51.5 Å². The number of hydrogen-bond acceptors (Lipinski definition) is 7. The second kappa shape index (κ2) is 16.0. The third kappa shape index (κ3) is 7.78. The molecule has 1 aliphatic rings. The smallest absolute Gasteiger partial charge is 0.150 e. The number of ether oxygens (including phenoxy) is 1. The highest BCUT2D eigenvalue weighted by atomic mass is 79.9. The summed E-state index contributed by atoms with van der Waals surface area (Å²) < 4.78 is 65.3. The van der Waals surface area contributed by atoms with Gasteiger partial charge in [-0.2, -0.15) is 10.2 Å². The molecule has 282 valence electrons. The van der Waals surface area contributed by atoms with Crippen LogP contribution >= 0.6 is 55.1 Å². The summed E-state index contributed by atoms with van der Waals surface area (Å²) in [5.41, 5.74) is 6.06. The first-order valence-electron chi connectivity index (χ1n) is 16.9. The van der Waals surface area contributed by atoms with Gasteiger partial charge in [-0.15, -0.1) is 0 Å². The zero-order chi connectivity index (χ0) is 39.1. The Labute approximate surface area is 342 Å². The lowest BCUT2D eigenvalue weighted by Crippen LogP contribution is -2.18. The first-order chi connectivity index (χ1) is 27.0. The number of aromatic nitrogens is 8. The number of hydrogen-bond donors (Lipinski definition) is 1. The van der Waals surface area contributed by atoms with E-state index in [1.165, 1.54) is 18.3 Å². The molecule has 1 N–H and O–H groups in total. The Morgan fingerprint density at radius 3 is 1.86 bits per heavy atom. The fourth-order valence-corrected chi connectivity index (χ4v) is 7.19. The normalized spacial score (nSPS) is 14.2. The van der Waals surface area contributed by atoms with Gasteiger partial charge in [0.25, 0.3) is 0 Å². The fourth-order valence-electron chi connectivity index (χ4n) is 6.23. The van der Waals surface area contributed by atoms with Crippen LogP contribution in [0.15, 0.2) is 94.4 Å². The predicted molar refractivity (Wildman–Crippen MR) is 213 cm³/mol. The molecule has 1 fully saturated rings. The topological polar surface area (TPSA) is 107 Å². The highest BCUT2D eigenvalue weighted by molar-refractivity contribution is 9.10. The number of rotatable bonds is 5. The molecule has 0 amide bonds. The van der Waals surface area contributed by atoms with E-state index in [2.05, 4.69) is 62.1 Å². The first kappa shape index (κ1) is 38.1. The Morgan fingerprint density at radius 2 is 1.25 bits per heavy atom. The quantitative estimate of drug-likeness (QED) is 0.135. The van der Waals surface area contributed by atoms with Gasteiger partial charge in [0.1, 0.15) is 35.2 Å². The molecular formula is C39H24Br2Cl2F4N8O. The molecule has 1 atom stereocenters. The van der Waals surface area contributed by atoms with Crippen LogP contribution in [0.25, 0.3) is 67.1 Å². The number of benzene rings is 2. The van der Waals surface area contributed by atoms with Crippen LogP contribution in [-0.2, 0) is 4.74 Å². The Morgan fingerprint density at radius 1 is 0.661 bits per heavy atom. The van der Waals surface area contributed by atoms with Crippen molar-refractivity contribution in [1.82, 2.24) is 39.9 Å². The summed E-state index contributed by atoms with van der Waals surface area (Å²) >= 11 is 18.5. The van der Waals surface area contributed by atoms with Crippen LogP contribution in [0.1, 0.15) is 25.5 Å². The predicted octanol–water partition coefficient (Wildman–Crippen LogP) is 11.9. The number of H-pyrrole nitrogens is 1. The van der Waals surface area contributed by atoms with E-state index in [0.717, 1.165) is 51.4 Å². The molecule has 1 aliphatic heterocycles. The summed E-state index contributed by atoms with van der Waals surface area (Å²) in [5, 5.41) is 11.0. The van der Waals surface area contributed by atoms with Gasteiger partial charge in [-0.3, -0.25) is 15.1 Å². The molecule has 0 spiro atoms. The third-order valence-electron chi connectivity index (χ3n) is 8.93. The van der Waals surface area contributed by atoms with Gasteiger partial charge in [0.05, 0.1) is 55.4 Å². The van der Waals surface area contributed by atoms with Gasteiger partial charge >= 0.3 is 0 Å². The van der Waals surface area contributed by atoms with E-state index in [1.54, 1.807) is 35.4 Å².